The van der Waals surface area contributed by atoms with Crippen LogP contribution >= 0.6 is 11.3 Å². The number of aryl methyl sites for hydroxylation is 1. The predicted molar refractivity (Wildman–Crippen MR) is 81.5 cm³/mol. The Morgan fingerprint density at radius 2 is 2.21 bits per heavy atom. The van der Waals surface area contributed by atoms with Gasteiger partial charge in [-0.15, -0.1) is 11.3 Å². The molecule has 1 aromatic heterocycles. The van der Waals surface area contributed by atoms with Crippen molar-refractivity contribution in [3.63, 3.8) is 0 Å². The highest BCUT2D eigenvalue weighted by Gasteiger charge is 2.17. The van der Waals surface area contributed by atoms with E-state index in [1.165, 1.54) is 11.3 Å². The van der Waals surface area contributed by atoms with E-state index in [4.69, 9.17) is 5.73 Å². The molecule has 0 aromatic carbocycles. The molecular weight excluding hydrogens is 256 g/mol. The van der Waals surface area contributed by atoms with Gasteiger partial charge in [0.25, 0.3) is 5.91 Å². The fourth-order valence-electron chi connectivity index (χ4n) is 1.75. The van der Waals surface area contributed by atoms with E-state index < -0.39 is 0 Å². The van der Waals surface area contributed by atoms with Crippen LogP contribution in [-0.4, -0.2) is 30.4 Å². The number of rotatable bonds is 5. The lowest BCUT2D eigenvalue weighted by Gasteiger charge is -2.19. The first-order valence-corrected chi connectivity index (χ1v) is 7.54. The molecule has 0 aliphatic rings. The molecule has 0 fully saturated rings. The average molecular weight is 278 g/mol. The minimum atomic E-state index is 0.116. The molecule has 4 heteroatoms. The van der Waals surface area contributed by atoms with Crippen molar-refractivity contribution in [1.82, 2.24) is 4.90 Å². The highest BCUT2D eigenvalue weighted by Crippen LogP contribution is 2.22. The molecule has 0 saturated carbocycles. The molecule has 0 aliphatic heterocycles. The maximum Gasteiger partial charge on any atom is 0.263 e. The van der Waals surface area contributed by atoms with Gasteiger partial charge in [0, 0.05) is 13.1 Å². The second-order valence-electron chi connectivity index (χ2n) is 4.37. The molecule has 2 N–H and O–H groups in total. The molecule has 0 spiro atoms. The summed E-state index contributed by atoms with van der Waals surface area (Å²) in [7, 11) is 0. The van der Waals surface area contributed by atoms with Crippen LogP contribution in [0.3, 0.4) is 0 Å². The second kappa shape index (κ2) is 7.98. The first-order valence-electron chi connectivity index (χ1n) is 6.72. The van der Waals surface area contributed by atoms with Crippen molar-refractivity contribution >= 4 is 17.2 Å². The highest BCUT2D eigenvalue weighted by molar-refractivity contribution is 7.14. The lowest BCUT2D eigenvalue weighted by molar-refractivity contribution is 0.0767. The van der Waals surface area contributed by atoms with E-state index in [9.17, 15) is 4.79 Å². The van der Waals surface area contributed by atoms with Gasteiger partial charge in [-0.3, -0.25) is 4.79 Å². The quantitative estimate of drug-likeness (QED) is 0.842. The number of amides is 1. The van der Waals surface area contributed by atoms with Gasteiger partial charge in [-0.2, -0.15) is 0 Å². The van der Waals surface area contributed by atoms with Gasteiger partial charge < -0.3 is 10.6 Å². The molecule has 0 bridgehead atoms. The van der Waals surface area contributed by atoms with Crippen molar-refractivity contribution in [3.8, 4) is 11.8 Å². The van der Waals surface area contributed by atoms with Gasteiger partial charge in [0.1, 0.15) is 0 Å². The SMILES string of the molecule is CCCCN(CC)C(=O)c1cc(C)c(C#CCN)s1. The van der Waals surface area contributed by atoms with Crippen LogP contribution in [0, 0.1) is 18.8 Å². The standard InChI is InChI=1S/C15H22N2OS/c1-4-6-10-17(5-2)15(18)14-11-12(3)13(19-14)8-7-9-16/h11H,4-6,9-10,16H2,1-3H3. The van der Waals surface area contributed by atoms with Crippen LogP contribution < -0.4 is 5.73 Å². The highest BCUT2D eigenvalue weighted by atomic mass is 32.1. The van der Waals surface area contributed by atoms with Crippen LogP contribution in [0.1, 0.15) is 46.8 Å². The first-order chi connectivity index (χ1) is 9.13. The fourth-order valence-corrected chi connectivity index (χ4v) is 2.77. The van der Waals surface area contributed by atoms with Gasteiger partial charge >= 0.3 is 0 Å². The van der Waals surface area contributed by atoms with E-state index in [0.717, 1.165) is 41.2 Å². The molecule has 0 atom stereocenters. The summed E-state index contributed by atoms with van der Waals surface area (Å²) in [4.78, 5) is 16.0. The summed E-state index contributed by atoms with van der Waals surface area (Å²) < 4.78 is 0. The predicted octanol–water partition coefficient (Wildman–Crippen LogP) is 2.63. The molecule has 0 radical (unpaired) electrons. The summed E-state index contributed by atoms with van der Waals surface area (Å²) >= 11 is 1.46. The van der Waals surface area contributed by atoms with Crippen LogP contribution in [0.15, 0.2) is 6.07 Å². The second-order valence-corrected chi connectivity index (χ2v) is 5.42. The summed E-state index contributed by atoms with van der Waals surface area (Å²) in [5.74, 6) is 5.97. The molecule has 1 amide bonds. The van der Waals surface area contributed by atoms with Crippen molar-refractivity contribution in [1.29, 1.82) is 0 Å². The minimum Gasteiger partial charge on any atom is -0.338 e. The Hall–Kier alpha value is -1.31. The zero-order valence-corrected chi connectivity index (χ0v) is 12.8. The summed E-state index contributed by atoms with van der Waals surface area (Å²) in [6, 6.07) is 1.93. The minimum absolute atomic E-state index is 0.116. The maximum absolute atomic E-state index is 12.4. The van der Waals surface area contributed by atoms with Gasteiger partial charge in [-0.05, 0) is 31.9 Å². The van der Waals surface area contributed by atoms with Crippen LogP contribution in [0.5, 0.6) is 0 Å². The molecule has 0 saturated heterocycles. The number of hydrogen-bond donors (Lipinski definition) is 1. The molecule has 0 aliphatic carbocycles. The van der Waals surface area contributed by atoms with Crippen LogP contribution in [-0.2, 0) is 0 Å². The summed E-state index contributed by atoms with van der Waals surface area (Å²) in [6.07, 6.45) is 2.14. The Labute approximate surface area is 119 Å². The smallest absolute Gasteiger partial charge is 0.263 e. The third-order valence-electron chi connectivity index (χ3n) is 2.88. The van der Waals surface area contributed by atoms with Gasteiger partial charge in [0.05, 0.1) is 16.3 Å². The zero-order valence-electron chi connectivity index (χ0n) is 12.0. The molecule has 0 unspecified atom stereocenters. The molecule has 19 heavy (non-hydrogen) atoms. The van der Waals surface area contributed by atoms with Crippen molar-refractivity contribution < 1.29 is 4.79 Å². The maximum atomic E-state index is 12.4. The zero-order chi connectivity index (χ0) is 14.3. The van der Waals surface area contributed by atoms with E-state index >= 15 is 0 Å². The van der Waals surface area contributed by atoms with Crippen molar-refractivity contribution in [2.45, 2.75) is 33.6 Å². The number of nitrogens with zero attached hydrogens (tertiary/aromatic N) is 1. The molecule has 1 aromatic rings. The lowest BCUT2D eigenvalue weighted by Crippen LogP contribution is -2.31. The van der Waals surface area contributed by atoms with E-state index in [-0.39, 0.29) is 5.91 Å². The van der Waals surface area contributed by atoms with Crippen molar-refractivity contribution in [2.75, 3.05) is 19.6 Å². The van der Waals surface area contributed by atoms with Gasteiger partial charge in [-0.25, -0.2) is 0 Å². The normalized spacial score (nSPS) is 9.89. The summed E-state index contributed by atoms with van der Waals surface area (Å²) in [5, 5.41) is 0. The monoisotopic (exact) mass is 278 g/mol. The Kier molecular flexibility index (Phi) is 6.61. The largest absolute Gasteiger partial charge is 0.338 e. The van der Waals surface area contributed by atoms with Gasteiger partial charge in [-0.1, -0.05) is 25.2 Å². The Bertz CT molecular complexity index is 482. The van der Waals surface area contributed by atoms with Crippen molar-refractivity contribution in [2.24, 2.45) is 5.73 Å². The molecule has 3 nitrogen and oxygen atoms in total. The third-order valence-corrected chi connectivity index (χ3v) is 4.02. The third kappa shape index (κ3) is 4.38. The number of hydrogen-bond acceptors (Lipinski definition) is 3. The number of unbranched alkanes of at least 4 members (excludes halogenated alkanes) is 1. The number of thiophene rings is 1. The lowest BCUT2D eigenvalue weighted by atomic mass is 10.2. The van der Waals surface area contributed by atoms with E-state index in [1.54, 1.807) is 0 Å². The van der Waals surface area contributed by atoms with Crippen LogP contribution in [0.2, 0.25) is 0 Å². The van der Waals surface area contributed by atoms with Gasteiger partial charge in [0.15, 0.2) is 0 Å². The van der Waals surface area contributed by atoms with E-state index in [1.807, 2.05) is 24.8 Å². The number of carbonyl (C=O) groups excluding carboxylic acids is 1. The fraction of sp³-hybridized carbons (Fsp3) is 0.533. The molecule has 1 heterocycles. The Morgan fingerprint density at radius 3 is 2.79 bits per heavy atom. The molecular formula is C15H22N2OS. The average Bonchev–Trinajstić information content (AvgIpc) is 2.78. The molecule has 104 valence electrons. The summed E-state index contributed by atoms with van der Waals surface area (Å²) in [6.45, 7) is 8.05. The number of carbonyl (C=O) groups is 1. The Balaban J connectivity index is 2.87. The van der Waals surface area contributed by atoms with Crippen molar-refractivity contribution in [3.05, 3.63) is 21.4 Å². The Morgan fingerprint density at radius 1 is 1.47 bits per heavy atom. The number of nitrogens with two attached hydrogens (primary N) is 1. The van der Waals surface area contributed by atoms with E-state index in [0.29, 0.717) is 6.54 Å². The van der Waals surface area contributed by atoms with Gasteiger partial charge in [0.2, 0.25) is 0 Å². The summed E-state index contributed by atoms with van der Waals surface area (Å²) in [5.41, 5.74) is 6.43. The molecule has 1 rings (SSSR count). The van der Waals surface area contributed by atoms with Crippen LogP contribution in [0.4, 0.5) is 0 Å². The topological polar surface area (TPSA) is 46.3 Å². The van der Waals surface area contributed by atoms with Crippen LogP contribution in [0.25, 0.3) is 0 Å². The first kappa shape index (κ1) is 15.7. The van der Waals surface area contributed by atoms with E-state index in [2.05, 4.69) is 18.8 Å².